The SMILES string of the molecule is CC[C@H]1CC[C@H](c2ccc(-c3nc(S(=O)(=O)Nc4cc5c(cc4OC)C(=O)NC5)cs3)cc2)CC1. The molecule has 2 N–H and O–H groups in total. The van der Waals surface area contributed by atoms with E-state index in [1.54, 1.807) is 17.5 Å². The third-order valence-electron chi connectivity index (χ3n) is 7.17. The molecule has 1 fully saturated rings. The van der Waals surface area contributed by atoms with E-state index in [-0.39, 0.29) is 22.4 Å². The van der Waals surface area contributed by atoms with Crippen LogP contribution in [-0.2, 0) is 16.6 Å². The summed E-state index contributed by atoms with van der Waals surface area (Å²) in [6, 6.07) is 11.6. The van der Waals surface area contributed by atoms with Crippen LogP contribution in [0.2, 0.25) is 0 Å². The van der Waals surface area contributed by atoms with Gasteiger partial charge in [0.2, 0.25) is 0 Å². The highest BCUT2D eigenvalue weighted by molar-refractivity contribution is 7.92. The van der Waals surface area contributed by atoms with Crippen molar-refractivity contribution in [2.45, 2.75) is 56.5 Å². The van der Waals surface area contributed by atoms with Gasteiger partial charge in [-0.3, -0.25) is 9.52 Å². The van der Waals surface area contributed by atoms with Crippen LogP contribution in [0.25, 0.3) is 10.6 Å². The van der Waals surface area contributed by atoms with Crippen molar-refractivity contribution in [3.8, 4) is 16.3 Å². The quantitative estimate of drug-likeness (QED) is 0.434. The molecule has 3 aromatic rings. The highest BCUT2D eigenvalue weighted by Gasteiger charge is 2.26. The van der Waals surface area contributed by atoms with Gasteiger partial charge in [0.1, 0.15) is 10.8 Å². The Morgan fingerprint density at radius 1 is 1.14 bits per heavy atom. The summed E-state index contributed by atoms with van der Waals surface area (Å²) in [4.78, 5) is 16.3. The van der Waals surface area contributed by atoms with Crippen molar-refractivity contribution >= 4 is 33.0 Å². The van der Waals surface area contributed by atoms with Crippen molar-refractivity contribution in [1.29, 1.82) is 0 Å². The number of carbonyl (C=O) groups excluding carboxylic acids is 1. The van der Waals surface area contributed by atoms with Crippen molar-refractivity contribution in [2.24, 2.45) is 5.92 Å². The van der Waals surface area contributed by atoms with Gasteiger partial charge in [0, 0.05) is 23.1 Å². The van der Waals surface area contributed by atoms with Crippen molar-refractivity contribution < 1.29 is 17.9 Å². The minimum absolute atomic E-state index is 0.0452. The van der Waals surface area contributed by atoms with Gasteiger partial charge in [-0.25, -0.2) is 4.98 Å². The number of methoxy groups -OCH3 is 1. The smallest absolute Gasteiger partial charge is 0.280 e. The summed E-state index contributed by atoms with van der Waals surface area (Å²) in [5.41, 5.74) is 3.74. The predicted molar refractivity (Wildman–Crippen MR) is 138 cm³/mol. The summed E-state index contributed by atoms with van der Waals surface area (Å²) in [6.07, 6.45) is 6.34. The summed E-state index contributed by atoms with van der Waals surface area (Å²) in [6.45, 7) is 2.63. The van der Waals surface area contributed by atoms with Crippen molar-refractivity contribution in [3.05, 3.63) is 58.5 Å². The number of ether oxygens (including phenoxy) is 1. The Labute approximate surface area is 210 Å². The molecule has 35 heavy (non-hydrogen) atoms. The summed E-state index contributed by atoms with van der Waals surface area (Å²) in [7, 11) is -2.50. The third-order valence-corrected chi connectivity index (χ3v) is 9.45. The molecule has 0 radical (unpaired) electrons. The molecule has 184 valence electrons. The largest absolute Gasteiger partial charge is 0.495 e. The summed E-state index contributed by atoms with van der Waals surface area (Å²) in [5, 5.41) is 4.88. The van der Waals surface area contributed by atoms with Crippen LogP contribution >= 0.6 is 11.3 Å². The number of sulfonamides is 1. The fraction of sp³-hybridized carbons (Fsp3) is 0.385. The van der Waals surface area contributed by atoms with Gasteiger partial charge in [0.15, 0.2) is 5.03 Å². The Bertz CT molecular complexity index is 1340. The number of benzene rings is 2. The Hall–Kier alpha value is -2.91. The molecule has 0 bridgehead atoms. The average molecular weight is 512 g/mol. The Morgan fingerprint density at radius 2 is 1.89 bits per heavy atom. The van der Waals surface area contributed by atoms with Crippen molar-refractivity contribution in [3.63, 3.8) is 0 Å². The van der Waals surface area contributed by atoms with E-state index < -0.39 is 10.0 Å². The minimum Gasteiger partial charge on any atom is -0.495 e. The van der Waals surface area contributed by atoms with Crippen LogP contribution in [0, 0.1) is 5.92 Å². The second-order valence-electron chi connectivity index (χ2n) is 9.24. The van der Waals surface area contributed by atoms with E-state index in [1.165, 1.54) is 56.1 Å². The Balaban J connectivity index is 1.32. The van der Waals surface area contributed by atoms with E-state index in [0.29, 0.717) is 23.0 Å². The number of amides is 1. The maximum atomic E-state index is 13.1. The van der Waals surface area contributed by atoms with Crippen LogP contribution in [0.5, 0.6) is 5.75 Å². The molecule has 0 spiro atoms. The lowest BCUT2D eigenvalue weighted by Gasteiger charge is -2.28. The van der Waals surface area contributed by atoms with Gasteiger partial charge in [-0.05, 0) is 60.8 Å². The van der Waals surface area contributed by atoms with Crippen LogP contribution in [0.4, 0.5) is 5.69 Å². The van der Waals surface area contributed by atoms with E-state index in [4.69, 9.17) is 4.74 Å². The van der Waals surface area contributed by atoms with Crippen LogP contribution in [-0.4, -0.2) is 26.4 Å². The maximum Gasteiger partial charge on any atom is 0.280 e. The molecule has 1 amide bonds. The molecule has 0 saturated heterocycles. The first kappa shape index (κ1) is 23.8. The number of nitrogens with zero attached hydrogens (tertiary/aromatic N) is 1. The van der Waals surface area contributed by atoms with E-state index in [9.17, 15) is 13.2 Å². The molecule has 9 heteroatoms. The molecule has 2 aromatic carbocycles. The maximum absolute atomic E-state index is 13.1. The molecule has 1 aliphatic heterocycles. The molecule has 1 aromatic heterocycles. The third kappa shape index (κ3) is 4.79. The summed E-state index contributed by atoms with van der Waals surface area (Å²) >= 11 is 1.30. The Kier molecular flexibility index (Phi) is 6.55. The van der Waals surface area contributed by atoms with Gasteiger partial charge in [-0.2, -0.15) is 8.42 Å². The van der Waals surface area contributed by atoms with Crippen LogP contribution < -0.4 is 14.8 Å². The Morgan fingerprint density at radius 3 is 2.57 bits per heavy atom. The van der Waals surface area contributed by atoms with Crippen LogP contribution in [0.15, 0.2) is 46.8 Å². The van der Waals surface area contributed by atoms with E-state index in [2.05, 4.69) is 34.1 Å². The first-order valence-electron chi connectivity index (χ1n) is 12.0. The molecule has 1 aliphatic carbocycles. The fourth-order valence-corrected chi connectivity index (χ4v) is 7.18. The first-order valence-corrected chi connectivity index (χ1v) is 14.3. The molecule has 0 unspecified atom stereocenters. The number of fused-ring (bicyclic) bond motifs is 1. The monoisotopic (exact) mass is 511 g/mol. The van der Waals surface area contributed by atoms with Gasteiger partial charge >= 0.3 is 0 Å². The highest BCUT2D eigenvalue weighted by atomic mass is 32.2. The molecule has 2 heterocycles. The fourth-order valence-electron chi connectivity index (χ4n) is 5.02. The molecule has 2 aliphatic rings. The number of anilines is 1. The van der Waals surface area contributed by atoms with E-state index in [0.717, 1.165) is 17.0 Å². The lowest BCUT2D eigenvalue weighted by molar-refractivity contribution is 0.0965. The molecule has 0 atom stereocenters. The zero-order chi connectivity index (χ0) is 24.6. The number of carbonyl (C=O) groups is 1. The molecular weight excluding hydrogens is 482 g/mol. The zero-order valence-electron chi connectivity index (χ0n) is 19.8. The number of hydrogen-bond donors (Lipinski definition) is 2. The normalized spacial score (nSPS) is 19.8. The van der Waals surface area contributed by atoms with Gasteiger partial charge in [0.05, 0.1) is 12.8 Å². The number of rotatable bonds is 7. The van der Waals surface area contributed by atoms with Gasteiger partial charge in [-0.1, -0.05) is 37.6 Å². The highest BCUT2D eigenvalue weighted by Crippen LogP contribution is 2.38. The zero-order valence-corrected chi connectivity index (χ0v) is 21.5. The van der Waals surface area contributed by atoms with Crippen LogP contribution in [0.3, 0.4) is 0 Å². The molecule has 1 saturated carbocycles. The number of aromatic nitrogens is 1. The summed E-state index contributed by atoms with van der Waals surface area (Å²) in [5.74, 6) is 1.56. The summed E-state index contributed by atoms with van der Waals surface area (Å²) < 4.78 is 34.1. The van der Waals surface area contributed by atoms with Crippen LogP contribution in [0.1, 0.15) is 66.4 Å². The average Bonchev–Trinajstić information content (AvgIpc) is 3.51. The van der Waals surface area contributed by atoms with Crippen molar-refractivity contribution in [1.82, 2.24) is 10.3 Å². The van der Waals surface area contributed by atoms with E-state index >= 15 is 0 Å². The van der Waals surface area contributed by atoms with Gasteiger partial charge in [-0.15, -0.1) is 11.3 Å². The minimum atomic E-state index is -3.93. The second kappa shape index (κ2) is 9.62. The van der Waals surface area contributed by atoms with E-state index in [1.807, 2.05) is 12.1 Å². The van der Waals surface area contributed by atoms with Gasteiger partial charge in [0.25, 0.3) is 15.9 Å². The number of hydrogen-bond acceptors (Lipinski definition) is 6. The first-order chi connectivity index (χ1) is 16.9. The lowest BCUT2D eigenvalue weighted by Crippen LogP contribution is -2.14. The predicted octanol–water partition coefficient (Wildman–Crippen LogP) is 5.55. The number of thiazole rings is 1. The second-order valence-corrected chi connectivity index (χ2v) is 11.7. The molecule has 5 rings (SSSR count). The lowest BCUT2D eigenvalue weighted by atomic mass is 9.78. The van der Waals surface area contributed by atoms with Crippen molar-refractivity contribution in [2.75, 3.05) is 11.8 Å². The topological polar surface area (TPSA) is 97.4 Å². The number of nitrogens with one attached hydrogen (secondary N) is 2. The van der Waals surface area contributed by atoms with Gasteiger partial charge < -0.3 is 10.1 Å². The standard InChI is InChI=1S/C26H29N3O4S2/c1-3-16-4-6-17(7-5-16)18-8-10-19(11-9-18)26-28-24(15-34-26)35(31,32)29-22-12-20-14-27-25(30)21(20)13-23(22)33-2/h8-13,15-17,29H,3-7,14H2,1-2H3,(H,27,30)/t16-,17-. The molecular formula is C26H29N3O4S2. The molecule has 7 nitrogen and oxygen atoms in total.